The lowest BCUT2D eigenvalue weighted by atomic mass is 10.2. The minimum Gasteiger partial charge on any atom is -0.314 e. The fourth-order valence-electron chi connectivity index (χ4n) is 2.23. The normalized spacial score (nSPS) is 27.6. The van der Waals surface area contributed by atoms with Gasteiger partial charge in [-0.3, -0.25) is 0 Å². The Hall–Kier alpha value is -0.170. The van der Waals surface area contributed by atoms with Gasteiger partial charge in [-0.1, -0.05) is 13.3 Å². The summed E-state index contributed by atoms with van der Waals surface area (Å²) in [7, 11) is -1.63. The average molecular weight is 263 g/mol. The zero-order valence-corrected chi connectivity index (χ0v) is 12.1. The Labute approximate surface area is 105 Å². The van der Waals surface area contributed by atoms with E-state index < -0.39 is 10.2 Å². The molecule has 1 aliphatic rings. The number of hydrogen-bond acceptors (Lipinski definition) is 3. The van der Waals surface area contributed by atoms with E-state index in [0.717, 1.165) is 25.9 Å². The molecule has 0 aromatic rings. The molecule has 6 heteroatoms. The molecule has 1 saturated heterocycles. The summed E-state index contributed by atoms with van der Waals surface area (Å²) in [4.78, 5) is 0. The Morgan fingerprint density at radius 2 is 1.82 bits per heavy atom. The summed E-state index contributed by atoms with van der Waals surface area (Å²) >= 11 is 0. The summed E-state index contributed by atoms with van der Waals surface area (Å²) in [6, 6.07) is 0.0423. The van der Waals surface area contributed by atoms with Crippen LogP contribution in [0, 0.1) is 0 Å². The predicted octanol–water partition coefficient (Wildman–Crippen LogP) is 0.645. The number of nitrogens with one attached hydrogen (secondary N) is 1. The molecule has 0 amide bonds. The maximum atomic E-state index is 12.4. The molecule has 1 aliphatic heterocycles. The van der Waals surface area contributed by atoms with Crippen LogP contribution < -0.4 is 5.32 Å². The molecule has 5 nitrogen and oxygen atoms in total. The fraction of sp³-hybridized carbons (Fsp3) is 1.00. The van der Waals surface area contributed by atoms with E-state index in [2.05, 4.69) is 12.2 Å². The predicted molar refractivity (Wildman–Crippen MR) is 70.1 cm³/mol. The molecule has 0 radical (unpaired) electrons. The third-order valence-corrected chi connectivity index (χ3v) is 5.46. The first-order valence-corrected chi connectivity index (χ1v) is 7.76. The van der Waals surface area contributed by atoms with Gasteiger partial charge in [-0.2, -0.15) is 17.0 Å². The van der Waals surface area contributed by atoms with Crippen molar-refractivity contribution in [1.82, 2.24) is 13.9 Å². The van der Waals surface area contributed by atoms with Crippen molar-refractivity contribution in [2.75, 3.05) is 26.7 Å². The molecule has 0 bridgehead atoms. The highest BCUT2D eigenvalue weighted by Gasteiger charge is 2.36. The lowest BCUT2D eigenvalue weighted by Gasteiger charge is -2.40. The van der Waals surface area contributed by atoms with Crippen molar-refractivity contribution in [3.05, 3.63) is 0 Å². The van der Waals surface area contributed by atoms with Gasteiger partial charge >= 0.3 is 0 Å². The van der Waals surface area contributed by atoms with Crippen LogP contribution in [0.15, 0.2) is 0 Å². The highest BCUT2D eigenvalue weighted by atomic mass is 32.2. The molecule has 102 valence electrons. The Morgan fingerprint density at radius 3 is 2.29 bits per heavy atom. The number of unbranched alkanes of at least 4 members (excludes halogenated alkanes) is 1. The van der Waals surface area contributed by atoms with Gasteiger partial charge in [-0.05, 0) is 20.3 Å². The summed E-state index contributed by atoms with van der Waals surface area (Å²) in [5, 5.41) is 3.24. The lowest BCUT2D eigenvalue weighted by molar-refractivity contribution is 0.205. The number of piperazine rings is 1. The van der Waals surface area contributed by atoms with Crippen molar-refractivity contribution < 1.29 is 8.42 Å². The average Bonchev–Trinajstić information content (AvgIpc) is 2.25. The highest BCUT2D eigenvalue weighted by molar-refractivity contribution is 7.86. The van der Waals surface area contributed by atoms with Crippen LogP contribution in [0.2, 0.25) is 0 Å². The monoisotopic (exact) mass is 263 g/mol. The molecule has 17 heavy (non-hydrogen) atoms. The SMILES string of the molecule is CCCCN(C)S(=O)(=O)N1C(C)CNCC1C. The van der Waals surface area contributed by atoms with Gasteiger partial charge in [-0.15, -0.1) is 0 Å². The van der Waals surface area contributed by atoms with Crippen LogP contribution in [0.5, 0.6) is 0 Å². The third kappa shape index (κ3) is 3.40. The molecular weight excluding hydrogens is 238 g/mol. The van der Waals surface area contributed by atoms with Crippen LogP contribution >= 0.6 is 0 Å². The first-order valence-electron chi connectivity index (χ1n) is 6.36. The zero-order chi connectivity index (χ0) is 13.1. The summed E-state index contributed by atoms with van der Waals surface area (Å²) in [5.74, 6) is 0. The Bertz CT molecular complexity index is 322. The molecule has 2 atom stereocenters. The van der Waals surface area contributed by atoms with Crippen LogP contribution in [0.4, 0.5) is 0 Å². The summed E-state index contributed by atoms with van der Waals surface area (Å²) in [6.07, 6.45) is 1.91. The van der Waals surface area contributed by atoms with Gasteiger partial charge in [0.2, 0.25) is 0 Å². The Balaban J connectivity index is 2.80. The Kier molecular flexibility index (Phi) is 5.37. The molecular formula is C11H25N3O2S. The summed E-state index contributed by atoms with van der Waals surface area (Å²) in [6.45, 7) is 8.02. The van der Waals surface area contributed by atoms with Crippen molar-refractivity contribution in [1.29, 1.82) is 0 Å². The maximum absolute atomic E-state index is 12.4. The largest absolute Gasteiger partial charge is 0.314 e. The van der Waals surface area contributed by atoms with Crippen molar-refractivity contribution >= 4 is 10.2 Å². The fourth-order valence-corrected chi connectivity index (χ4v) is 3.97. The van der Waals surface area contributed by atoms with Crippen LogP contribution in [0.25, 0.3) is 0 Å². The van der Waals surface area contributed by atoms with E-state index in [-0.39, 0.29) is 12.1 Å². The third-order valence-electron chi connectivity index (χ3n) is 3.24. The van der Waals surface area contributed by atoms with Crippen molar-refractivity contribution in [3.8, 4) is 0 Å². The van der Waals surface area contributed by atoms with Crippen molar-refractivity contribution in [3.63, 3.8) is 0 Å². The van der Waals surface area contributed by atoms with E-state index in [4.69, 9.17) is 0 Å². The topological polar surface area (TPSA) is 52.7 Å². The first-order chi connectivity index (χ1) is 7.91. The molecule has 1 heterocycles. The standard InChI is InChI=1S/C11H25N3O2S/c1-5-6-7-13(4)17(15,16)14-10(2)8-12-9-11(14)3/h10-12H,5-9H2,1-4H3. The highest BCUT2D eigenvalue weighted by Crippen LogP contribution is 2.18. The molecule has 1 N–H and O–H groups in total. The van der Waals surface area contributed by atoms with Crippen LogP contribution in [0.1, 0.15) is 33.6 Å². The summed E-state index contributed by atoms with van der Waals surface area (Å²) < 4.78 is 28.0. The zero-order valence-electron chi connectivity index (χ0n) is 11.3. The van der Waals surface area contributed by atoms with Gasteiger partial charge in [0.1, 0.15) is 0 Å². The van der Waals surface area contributed by atoms with Gasteiger partial charge in [0.05, 0.1) is 0 Å². The molecule has 0 aromatic heterocycles. The minimum atomic E-state index is -3.31. The quantitative estimate of drug-likeness (QED) is 0.792. The van der Waals surface area contributed by atoms with Gasteiger partial charge in [-0.25, -0.2) is 0 Å². The molecule has 0 saturated carbocycles. The van der Waals surface area contributed by atoms with E-state index in [1.807, 2.05) is 13.8 Å². The van der Waals surface area contributed by atoms with Gasteiger partial charge in [0.25, 0.3) is 10.2 Å². The van der Waals surface area contributed by atoms with Crippen molar-refractivity contribution in [2.24, 2.45) is 0 Å². The molecule has 0 aliphatic carbocycles. The second-order valence-corrected chi connectivity index (χ2v) is 6.81. The molecule has 2 unspecified atom stereocenters. The van der Waals surface area contributed by atoms with Gasteiger partial charge in [0.15, 0.2) is 0 Å². The second kappa shape index (κ2) is 6.13. The number of rotatable bonds is 5. The number of hydrogen-bond donors (Lipinski definition) is 1. The van der Waals surface area contributed by atoms with E-state index in [1.54, 1.807) is 11.4 Å². The first kappa shape index (κ1) is 14.9. The Morgan fingerprint density at radius 1 is 1.29 bits per heavy atom. The lowest BCUT2D eigenvalue weighted by Crippen LogP contribution is -2.59. The summed E-state index contributed by atoms with van der Waals surface area (Å²) in [5.41, 5.74) is 0. The smallest absolute Gasteiger partial charge is 0.282 e. The van der Waals surface area contributed by atoms with Gasteiger partial charge < -0.3 is 5.32 Å². The van der Waals surface area contributed by atoms with E-state index in [0.29, 0.717) is 6.54 Å². The van der Waals surface area contributed by atoms with E-state index >= 15 is 0 Å². The minimum absolute atomic E-state index is 0.0211. The van der Waals surface area contributed by atoms with Crippen LogP contribution in [0.3, 0.4) is 0 Å². The molecule has 1 rings (SSSR count). The molecule has 1 fully saturated rings. The molecule has 0 aromatic carbocycles. The maximum Gasteiger partial charge on any atom is 0.282 e. The van der Waals surface area contributed by atoms with Crippen LogP contribution in [-0.2, 0) is 10.2 Å². The van der Waals surface area contributed by atoms with Gasteiger partial charge in [0, 0.05) is 38.8 Å². The van der Waals surface area contributed by atoms with E-state index in [9.17, 15) is 8.42 Å². The number of nitrogens with zero attached hydrogens (tertiary/aromatic N) is 2. The van der Waals surface area contributed by atoms with Crippen LogP contribution in [-0.4, -0.2) is 55.8 Å². The molecule has 0 spiro atoms. The van der Waals surface area contributed by atoms with E-state index in [1.165, 1.54) is 4.31 Å². The second-order valence-electron chi connectivity index (χ2n) is 4.87. The van der Waals surface area contributed by atoms with Crippen molar-refractivity contribution in [2.45, 2.75) is 45.7 Å².